The average molecular weight is 398 g/mol. The number of hydrogen-bond donors (Lipinski definition) is 1. The number of aliphatic hydroxyl groups excluding tert-OH is 1. The van der Waals surface area contributed by atoms with E-state index in [9.17, 15) is 5.11 Å². The summed E-state index contributed by atoms with van der Waals surface area (Å²) in [5, 5.41) is 10.3. The van der Waals surface area contributed by atoms with Crippen LogP contribution in [0.5, 0.6) is 0 Å². The molecule has 0 bridgehead atoms. The van der Waals surface area contributed by atoms with Crippen LogP contribution in [0, 0.1) is 46.3 Å². The summed E-state index contributed by atoms with van der Waals surface area (Å²) >= 11 is 0. The summed E-state index contributed by atoms with van der Waals surface area (Å²) < 4.78 is 0. The largest absolute Gasteiger partial charge is 0.393 e. The molecule has 1 N–H and O–H groups in total. The zero-order valence-corrected chi connectivity index (χ0v) is 19.2. The number of hydrogen-bond acceptors (Lipinski definition) is 2. The van der Waals surface area contributed by atoms with Crippen molar-refractivity contribution in [2.45, 2.75) is 104 Å². The monoisotopic (exact) mass is 397 g/mol. The first kappa shape index (κ1) is 19.4. The molecule has 2 heterocycles. The molecule has 4 aliphatic carbocycles. The van der Waals surface area contributed by atoms with Crippen molar-refractivity contribution in [2.24, 2.45) is 46.3 Å². The normalized spacial score (nSPS) is 59.2. The third-order valence-corrected chi connectivity index (χ3v) is 11.7. The summed E-state index contributed by atoms with van der Waals surface area (Å²) in [6, 6.07) is 1.75. The molecular weight excluding hydrogens is 354 g/mol. The molecule has 2 heteroatoms. The zero-order valence-electron chi connectivity index (χ0n) is 19.2. The van der Waals surface area contributed by atoms with Gasteiger partial charge in [0.05, 0.1) is 6.10 Å². The second-order valence-corrected chi connectivity index (χ2v) is 12.8. The highest BCUT2D eigenvalue weighted by molar-refractivity contribution is 5.26. The fraction of sp³-hybridized carbons (Fsp3) is 0.926. The highest BCUT2D eigenvalue weighted by Gasteiger charge is 2.66. The first-order valence-corrected chi connectivity index (χ1v) is 13.0. The number of fused-ring (bicyclic) bond motifs is 9. The van der Waals surface area contributed by atoms with Gasteiger partial charge in [0.1, 0.15) is 0 Å². The Balaban J connectivity index is 1.33. The van der Waals surface area contributed by atoms with E-state index in [0.717, 1.165) is 60.4 Å². The maximum atomic E-state index is 10.3. The Labute approximate surface area is 178 Å². The summed E-state index contributed by atoms with van der Waals surface area (Å²) in [7, 11) is 0. The number of nitrogens with zero attached hydrogens (tertiary/aromatic N) is 1. The van der Waals surface area contributed by atoms with Crippen molar-refractivity contribution in [1.29, 1.82) is 0 Å². The van der Waals surface area contributed by atoms with Crippen LogP contribution in [0.3, 0.4) is 0 Å². The van der Waals surface area contributed by atoms with Crippen LogP contribution in [0.2, 0.25) is 0 Å². The Kier molecular flexibility index (Phi) is 4.23. The Morgan fingerprint density at radius 3 is 2.66 bits per heavy atom. The van der Waals surface area contributed by atoms with E-state index in [-0.39, 0.29) is 6.10 Å². The van der Waals surface area contributed by atoms with Crippen molar-refractivity contribution in [3.63, 3.8) is 0 Å². The van der Waals surface area contributed by atoms with Gasteiger partial charge in [0.2, 0.25) is 0 Å². The molecule has 0 amide bonds. The summed E-state index contributed by atoms with van der Waals surface area (Å²) in [5.41, 5.74) is 2.58. The van der Waals surface area contributed by atoms with Gasteiger partial charge in [-0.3, -0.25) is 4.90 Å². The predicted octanol–water partition coefficient (Wildman–Crippen LogP) is 5.66. The lowest BCUT2D eigenvalue weighted by Crippen LogP contribution is -2.51. The molecule has 3 saturated carbocycles. The van der Waals surface area contributed by atoms with Crippen LogP contribution >= 0.6 is 0 Å². The highest BCUT2D eigenvalue weighted by Crippen LogP contribution is 2.69. The Hall–Kier alpha value is -0.340. The number of rotatable bonds is 0. The third-order valence-electron chi connectivity index (χ3n) is 11.7. The fourth-order valence-corrected chi connectivity index (χ4v) is 10.4. The standard InChI is InChI=1S/C27H43NO/c1-16-5-8-23-17(2)25-24(28(23)15-16)14-22-20-7-6-18-13-19(29)9-11-26(18,3)21(20)10-12-27(22,25)4/h6,16-17,19-25,29H,5,7-15H2,1-4H3/t16?,17?,19?,20?,21?,22?,23?,24?,25?,26-,27-/m0/s1. The van der Waals surface area contributed by atoms with E-state index in [1.807, 2.05) is 0 Å². The molecule has 0 aromatic carbocycles. The van der Waals surface area contributed by atoms with Gasteiger partial charge in [-0.05, 0) is 104 Å². The molecule has 2 aliphatic heterocycles. The average Bonchev–Trinajstić information content (AvgIpc) is 3.15. The van der Waals surface area contributed by atoms with Crippen LogP contribution in [0.15, 0.2) is 11.6 Å². The zero-order chi connectivity index (χ0) is 20.1. The van der Waals surface area contributed by atoms with Crippen LogP contribution in [0.25, 0.3) is 0 Å². The van der Waals surface area contributed by atoms with Gasteiger partial charge in [-0.1, -0.05) is 39.3 Å². The smallest absolute Gasteiger partial charge is 0.0577 e. The lowest BCUT2D eigenvalue weighted by molar-refractivity contribution is -0.0574. The molecule has 0 aromatic rings. The van der Waals surface area contributed by atoms with Crippen molar-refractivity contribution < 1.29 is 5.11 Å². The summed E-state index contributed by atoms with van der Waals surface area (Å²) in [5.74, 6) is 5.44. The molecule has 11 atom stereocenters. The van der Waals surface area contributed by atoms with Gasteiger partial charge in [0, 0.05) is 18.6 Å². The quantitative estimate of drug-likeness (QED) is 0.534. The first-order chi connectivity index (χ1) is 13.8. The second kappa shape index (κ2) is 6.35. The van der Waals surface area contributed by atoms with E-state index >= 15 is 0 Å². The molecule has 5 fully saturated rings. The van der Waals surface area contributed by atoms with Crippen LogP contribution in [-0.4, -0.2) is 34.7 Å². The van der Waals surface area contributed by atoms with Gasteiger partial charge in [0.25, 0.3) is 0 Å². The van der Waals surface area contributed by atoms with Crippen molar-refractivity contribution in [2.75, 3.05) is 6.54 Å². The van der Waals surface area contributed by atoms with E-state index in [4.69, 9.17) is 0 Å². The van der Waals surface area contributed by atoms with Crippen molar-refractivity contribution >= 4 is 0 Å². The molecule has 2 nitrogen and oxygen atoms in total. The molecule has 2 saturated heterocycles. The summed E-state index contributed by atoms with van der Waals surface area (Å²) in [6.07, 6.45) is 14.3. The first-order valence-electron chi connectivity index (χ1n) is 13.0. The topological polar surface area (TPSA) is 23.5 Å². The lowest BCUT2D eigenvalue weighted by Gasteiger charge is -2.58. The van der Waals surface area contributed by atoms with Gasteiger partial charge >= 0.3 is 0 Å². The maximum absolute atomic E-state index is 10.3. The van der Waals surface area contributed by atoms with E-state index < -0.39 is 0 Å². The van der Waals surface area contributed by atoms with Crippen molar-refractivity contribution in [1.82, 2.24) is 4.90 Å². The van der Waals surface area contributed by atoms with Gasteiger partial charge < -0.3 is 5.11 Å². The lowest BCUT2D eigenvalue weighted by atomic mass is 9.47. The van der Waals surface area contributed by atoms with Crippen molar-refractivity contribution in [3.05, 3.63) is 11.6 Å². The second-order valence-electron chi connectivity index (χ2n) is 12.8. The Bertz CT molecular complexity index is 715. The Morgan fingerprint density at radius 2 is 1.83 bits per heavy atom. The minimum Gasteiger partial charge on any atom is -0.393 e. The van der Waals surface area contributed by atoms with Gasteiger partial charge in [0.15, 0.2) is 0 Å². The number of allylic oxidation sites excluding steroid dienone is 1. The van der Waals surface area contributed by atoms with Gasteiger partial charge in [-0.15, -0.1) is 0 Å². The maximum Gasteiger partial charge on any atom is 0.0577 e. The van der Waals surface area contributed by atoms with Crippen LogP contribution < -0.4 is 0 Å². The van der Waals surface area contributed by atoms with E-state index in [1.165, 1.54) is 51.5 Å². The van der Waals surface area contributed by atoms with Gasteiger partial charge in [-0.2, -0.15) is 0 Å². The SMILES string of the molecule is CC1CCC2C(C)C3C(CC4C5CC=C6CC(O)CC[C@]6(C)C5CC[C@@]43C)N2C1. The predicted molar refractivity (Wildman–Crippen MR) is 118 cm³/mol. The molecule has 0 aromatic heterocycles. The molecular formula is C27H43NO. The van der Waals surface area contributed by atoms with Crippen LogP contribution in [0.4, 0.5) is 0 Å². The molecule has 29 heavy (non-hydrogen) atoms. The number of piperidine rings is 1. The number of aliphatic hydroxyl groups is 1. The van der Waals surface area contributed by atoms with E-state index in [0.29, 0.717) is 10.8 Å². The highest BCUT2D eigenvalue weighted by atomic mass is 16.3. The molecule has 9 unspecified atom stereocenters. The van der Waals surface area contributed by atoms with Crippen LogP contribution in [-0.2, 0) is 0 Å². The summed E-state index contributed by atoms with van der Waals surface area (Å²) in [4.78, 5) is 3.02. The van der Waals surface area contributed by atoms with Crippen LogP contribution in [0.1, 0.15) is 85.5 Å². The fourth-order valence-electron chi connectivity index (χ4n) is 10.4. The molecule has 162 valence electrons. The summed E-state index contributed by atoms with van der Waals surface area (Å²) in [6.45, 7) is 11.8. The minimum atomic E-state index is -0.0792. The van der Waals surface area contributed by atoms with E-state index in [1.54, 1.807) is 5.57 Å². The van der Waals surface area contributed by atoms with Crippen molar-refractivity contribution in [3.8, 4) is 0 Å². The van der Waals surface area contributed by atoms with E-state index in [2.05, 4.69) is 38.7 Å². The Morgan fingerprint density at radius 1 is 1.00 bits per heavy atom. The molecule has 6 rings (SSSR count). The minimum absolute atomic E-state index is 0.0792. The molecule has 0 radical (unpaired) electrons. The van der Waals surface area contributed by atoms with Gasteiger partial charge in [-0.25, -0.2) is 0 Å². The third kappa shape index (κ3) is 2.48. The molecule has 0 spiro atoms. The molecule has 6 aliphatic rings.